The molecule has 37 heavy (non-hydrogen) atoms. The van der Waals surface area contributed by atoms with E-state index in [0.29, 0.717) is 19.4 Å². The number of aliphatic carboxylic acids is 1. The van der Waals surface area contributed by atoms with Crippen molar-refractivity contribution in [2.45, 2.75) is 45.1 Å². The van der Waals surface area contributed by atoms with Crippen molar-refractivity contribution in [2.24, 2.45) is 11.3 Å². The molecule has 2 amide bonds. The first-order valence-corrected chi connectivity index (χ1v) is 12.9. The average molecular weight is 507 g/mol. The SMILES string of the molecule is CC(C)(C)OC(=O)N1CC2CN(C(=O)OCC3c4ccccc4-c4ccccc43)CCC[C@]2(C(=O)O)C1. The van der Waals surface area contributed by atoms with E-state index in [-0.39, 0.29) is 32.2 Å². The van der Waals surface area contributed by atoms with Crippen LogP contribution in [0.3, 0.4) is 0 Å². The maximum Gasteiger partial charge on any atom is 0.410 e. The van der Waals surface area contributed by atoms with Crippen LogP contribution in [0.5, 0.6) is 0 Å². The van der Waals surface area contributed by atoms with Crippen LogP contribution in [0.15, 0.2) is 48.5 Å². The molecule has 1 unspecified atom stereocenters. The molecule has 3 aliphatic rings. The van der Waals surface area contributed by atoms with Gasteiger partial charge in [-0.1, -0.05) is 48.5 Å². The van der Waals surface area contributed by atoms with Gasteiger partial charge in [0.25, 0.3) is 0 Å². The number of hydrogen-bond acceptors (Lipinski definition) is 5. The standard InChI is InChI=1S/C29H34N2O6/c1-28(2,3)37-27(35)31-16-19-15-30(14-8-13-29(19,18-31)25(32)33)26(34)36-17-24-22-11-6-4-9-20(22)21-10-5-7-12-23(21)24/h4-7,9-12,19,24H,8,13-18H2,1-3H3,(H,32,33)/t19?,29-/m0/s1. The lowest BCUT2D eigenvalue weighted by Gasteiger charge is -2.29. The van der Waals surface area contributed by atoms with Crippen molar-refractivity contribution < 1.29 is 29.0 Å². The summed E-state index contributed by atoms with van der Waals surface area (Å²) in [5.41, 5.74) is 2.82. The van der Waals surface area contributed by atoms with Crippen molar-refractivity contribution in [1.29, 1.82) is 0 Å². The highest BCUT2D eigenvalue weighted by Crippen LogP contribution is 2.45. The molecule has 196 valence electrons. The lowest BCUT2D eigenvalue weighted by Crippen LogP contribution is -2.43. The topological polar surface area (TPSA) is 96.4 Å². The van der Waals surface area contributed by atoms with Gasteiger partial charge in [-0.15, -0.1) is 0 Å². The molecule has 0 aromatic heterocycles. The van der Waals surface area contributed by atoms with Crippen molar-refractivity contribution in [1.82, 2.24) is 9.80 Å². The summed E-state index contributed by atoms with van der Waals surface area (Å²) in [5.74, 6) is -1.38. The third kappa shape index (κ3) is 4.65. The molecule has 2 aromatic carbocycles. The summed E-state index contributed by atoms with van der Waals surface area (Å²) in [7, 11) is 0. The number of carbonyl (C=O) groups excluding carboxylic acids is 2. The number of fused-ring (bicyclic) bond motifs is 4. The van der Waals surface area contributed by atoms with Gasteiger partial charge in [-0.25, -0.2) is 9.59 Å². The molecule has 5 rings (SSSR count). The Kier molecular flexibility index (Phi) is 6.38. The average Bonchev–Trinajstić information content (AvgIpc) is 3.31. The summed E-state index contributed by atoms with van der Waals surface area (Å²) in [6.45, 7) is 6.52. The van der Waals surface area contributed by atoms with Crippen LogP contribution < -0.4 is 0 Å². The van der Waals surface area contributed by atoms with Crippen LogP contribution in [0.4, 0.5) is 9.59 Å². The predicted octanol–water partition coefficient (Wildman–Crippen LogP) is 4.97. The Morgan fingerprint density at radius 1 is 0.946 bits per heavy atom. The number of likely N-dealkylation sites (tertiary alicyclic amines) is 2. The molecule has 2 fully saturated rings. The van der Waals surface area contributed by atoms with Gasteiger partial charge in [-0.05, 0) is 55.9 Å². The van der Waals surface area contributed by atoms with Crippen molar-refractivity contribution in [3.8, 4) is 11.1 Å². The fourth-order valence-corrected chi connectivity index (χ4v) is 6.10. The van der Waals surface area contributed by atoms with Gasteiger partial charge < -0.3 is 24.4 Å². The number of carbonyl (C=O) groups is 3. The Balaban J connectivity index is 1.29. The molecule has 0 bridgehead atoms. The second-order valence-electron chi connectivity index (χ2n) is 11.4. The molecule has 1 N–H and O–H groups in total. The fourth-order valence-electron chi connectivity index (χ4n) is 6.10. The monoisotopic (exact) mass is 506 g/mol. The van der Waals surface area contributed by atoms with Crippen LogP contribution in [-0.4, -0.2) is 71.4 Å². The zero-order valence-corrected chi connectivity index (χ0v) is 21.6. The first kappa shape index (κ1) is 25.1. The summed E-state index contributed by atoms with van der Waals surface area (Å²) in [6, 6.07) is 16.3. The minimum Gasteiger partial charge on any atom is -0.481 e. The fraction of sp³-hybridized carbons (Fsp3) is 0.483. The molecule has 2 saturated heterocycles. The van der Waals surface area contributed by atoms with E-state index in [1.165, 1.54) is 4.90 Å². The number of carboxylic acids is 1. The van der Waals surface area contributed by atoms with Crippen LogP contribution in [0, 0.1) is 11.3 Å². The van der Waals surface area contributed by atoms with Gasteiger partial charge in [0, 0.05) is 38.0 Å². The Morgan fingerprint density at radius 2 is 1.54 bits per heavy atom. The van der Waals surface area contributed by atoms with Gasteiger partial charge in [0.15, 0.2) is 0 Å². The number of benzene rings is 2. The lowest BCUT2D eigenvalue weighted by molar-refractivity contribution is -0.150. The molecule has 0 saturated carbocycles. The van der Waals surface area contributed by atoms with Crippen LogP contribution in [-0.2, 0) is 14.3 Å². The molecule has 8 nitrogen and oxygen atoms in total. The molecule has 0 radical (unpaired) electrons. The lowest BCUT2D eigenvalue weighted by atomic mass is 9.75. The first-order chi connectivity index (χ1) is 17.6. The van der Waals surface area contributed by atoms with E-state index in [0.717, 1.165) is 22.3 Å². The number of hydrogen-bond donors (Lipinski definition) is 1. The number of amides is 2. The molecular formula is C29H34N2O6. The van der Waals surface area contributed by atoms with Gasteiger partial charge in [-0.3, -0.25) is 4.79 Å². The Hall–Kier alpha value is -3.55. The van der Waals surface area contributed by atoms with E-state index in [1.54, 1.807) is 25.7 Å². The zero-order chi connectivity index (χ0) is 26.4. The van der Waals surface area contributed by atoms with Crippen LogP contribution in [0.1, 0.15) is 50.7 Å². The highest BCUT2D eigenvalue weighted by atomic mass is 16.6. The second-order valence-corrected chi connectivity index (χ2v) is 11.4. The first-order valence-electron chi connectivity index (χ1n) is 12.9. The van der Waals surface area contributed by atoms with Crippen molar-refractivity contribution in [2.75, 3.05) is 32.8 Å². The summed E-state index contributed by atoms with van der Waals surface area (Å²) in [4.78, 5) is 41.5. The quantitative estimate of drug-likeness (QED) is 0.632. The van der Waals surface area contributed by atoms with Crippen LogP contribution in [0.2, 0.25) is 0 Å². The zero-order valence-electron chi connectivity index (χ0n) is 21.6. The number of ether oxygens (including phenoxy) is 2. The smallest absolute Gasteiger partial charge is 0.410 e. The molecule has 2 aromatic rings. The van der Waals surface area contributed by atoms with Gasteiger partial charge in [0.1, 0.15) is 12.2 Å². The van der Waals surface area contributed by atoms with Crippen molar-refractivity contribution >= 4 is 18.2 Å². The Bertz CT molecular complexity index is 1180. The summed E-state index contributed by atoms with van der Waals surface area (Å²) in [6.07, 6.45) is -0.0538. The molecule has 2 heterocycles. The molecule has 8 heteroatoms. The van der Waals surface area contributed by atoms with Crippen LogP contribution >= 0.6 is 0 Å². The maximum absolute atomic E-state index is 13.2. The van der Waals surface area contributed by atoms with Gasteiger partial charge in [0.2, 0.25) is 0 Å². The highest BCUT2D eigenvalue weighted by molar-refractivity contribution is 5.80. The van der Waals surface area contributed by atoms with E-state index >= 15 is 0 Å². The number of rotatable bonds is 3. The Labute approximate surface area is 217 Å². The maximum atomic E-state index is 13.2. The van der Waals surface area contributed by atoms with E-state index in [2.05, 4.69) is 24.3 Å². The van der Waals surface area contributed by atoms with Gasteiger partial charge in [0.05, 0.1) is 5.41 Å². The third-order valence-corrected chi connectivity index (χ3v) is 7.86. The minimum atomic E-state index is -1.10. The normalized spacial score (nSPS) is 23.1. The Morgan fingerprint density at radius 3 is 2.14 bits per heavy atom. The summed E-state index contributed by atoms with van der Waals surface area (Å²) >= 11 is 0. The van der Waals surface area contributed by atoms with Gasteiger partial charge >= 0.3 is 18.2 Å². The molecule has 1 aliphatic carbocycles. The van der Waals surface area contributed by atoms with E-state index in [1.807, 2.05) is 24.3 Å². The molecule has 2 atom stereocenters. The van der Waals surface area contributed by atoms with E-state index < -0.39 is 35.1 Å². The minimum absolute atomic E-state index is 0.0458. The van der Waals surface area contributed by atoms with Gasteiger partial charge in [-0.2, -0.15) is 0 Å². The van der Waals surface area contributed by atoms with Crippen molar-refractivity contribution in [3.63, 3.8) is 0 Å². The number of carboxylic acid groups (broad SMARTS) is 1. The predicted molar refractivity (Wildman–Crippen MR) is 137 cm³/mol. The number of nitrogens with zero attached hydrogens (tertiary/aromatic N) is 2. The third-order valence-electron chi connectivity index (χ3n) is 7.86. The van der Waals surface area contributed by atoms with Crippen molar-refractivity contribution in [3.05, 3.63) is 59.7 Å². The van der Waals surface area contributed by atoms with E-state index in [9.17, 15) is 19.5 Å². The largest absolute Gasteiger partial charge is 0.481 e. The highest BCUT2D eigenvalue weighted by Gasteiger charge is 2.55. The molecule has 0 spiro atoms. The summed E-state index contributed by atoms with van der Waals surface area (Å²) < 4.78 is 11.4. The molecule has 2 aliphatic heterocycles. The second kappa shape index (κ2) is 9.39. The van der Waals surface area contributed by atoms with Crippen LogP contribution in [0.25, 0.3) is 11.1 Å². The van der Waals surface area contributed by atoms with E-state index in [4.69, 9.17) is 9.47 Å². The summed E-state index contributed by atoms with van der Waals surface area (Å²) in [5, 5.41) is 10.2. The molecular weight excluding hydrogens is 472 g/mol.